The Morgan fingerprint density at radius 1 is 1.28 bits per heavy atom. The first-order chi connectivity index (χ1) is 12.0. The molecular formula is C19H21ClFN3O. The van der Waals surface area contributed by atoms with Gasteiger partial charge in [0.2, 0.25) is 0 Å². The third-order valence-electron chi connectivity index (χ3n) is 4.58. The zero-order valence-corrected chi connectivity index (χ0v) is 14.8. The Bertz CT molecular complexity index is 779. The van der Waals surface area contributed by atoms with Crippen LogP contribution < -0.4 is 16.0 Å². The number of nitrogens with two attached hydrogens (primary N) is 1. The number of hydrogen-bond acceptors (Lipinski definition) is 3. The summed E-state index contributed by atoms with van der Waals surface area (Å²) in [6.45, 7) is 3.10. The number of halogens is 2. The van der Waals surface area contributed by atoms with Crippen LogP contribution in [0.15, 0.2) is 36.4 Å². The van der Waals surface area contributed by atoms with Gasteiger partial charge in [0.1, 0.15) is 5.82 Å². The molecule has 25 heavy (non-hydrogen) atoms. The first kappa shape index (κ1) is 17.5. The van der Waals surface area contributed by atoms with E-state index in [-0.39, 0.29) is 11.7 Å². The molecule has 1 aliphatic rings. The van der Waals surface area contributed by atoms with Crippen LogP contribution in [0.5, 0.6) is 0 Å². The molecular weight excluding hydrogens is 341 g/mol. The monoisotopic (exact) mass is 361 g/mol. The van der Waals surface area contributed by atoms with Gasteiger partial charge in [-0.3, -0.25) is 4.79 Å². The minimum Gasteiger partial charge on any atom is -0.397 e. The van der Waals surface area contributed by atoms with Crippen molar-refractivity contribution >= 4 is 34.6 Å². The maximum absolute atomic E-state index is 13.0. The van der Waals surface area contributed by atoms with Crippen LogP contribution in [0.2, 0.25) is 5.02 Å². The van der Waals surface area contributed by atoms with E-state index in [4.69, 9.17) is 17.3 Å². The number of nitrogen functional groups attached to an aromatic ring is 1. The number of nitrogens with one attached hydrogen (secondary N) is 1. The summed E-state index contributed by atoms with van der Waals surface area (Å²) in [4.78, 5) is 14.6. The van der Waals surface area contributed by atoms with Gasteiger partial charge in [-0.25, -0.2) is 4.39 Å². The maximum Gasteiger partial charge on any atom is 0.255 e. The highest BCUT2D eigenvalue weighted by Gasteiger charge is 2.22. The van der Waals surface area contributed by atoms with Crippen LogP contribution in [-0.4, -0.2) is 18.5 Å². The van der Waals surface area contributed by atoms with E-state index in [2.05, 4.69) is 17.1 Å². The van der Waals surface area contributed by atoms with Crippen molar-refractivity contribution in [2.24, 2.45) is 0 Å². The van der Waals surface area contributed by atoms with Crippen molar-refractivity contribution in [2.75, 3.05) is 22.5 Å². The maximum atomic E-state index is 13.0. The fourth-order valence-corrected chi connectivity index (χ4v) is 3.39. The van der Waals surface area contributed by atoms with Crippen molar-refractivity contribution in [1.82, 2.24) is 0 Å². The van der Waals surface area contributed by atoms with Crippen LogP contribution in [0, 0.1) is 5.82 Å². The summed E-state index contributed by atoms with van der Waals surface area (Å²) in [5.41, 5.74) is 8.50. The summed E-state index contributed by atoms with van der Waals surface area (Å²) in [5, 5.41) is 3.17. The molecule has 1 saturated heterocycles. The minimum absolute atomic E-state index is 0.343. The van der Waals surface area contributed by atoms with E-state index in [0.717, 1.165) is 25.1 Å². The third kappa shape index (κ3) is 3.87. The van der Waals surface area contributed by atoms with Crippen molar-refractivity contribution in [3.63, 3.8) is 0 Å². The summed E-state index contributed by atoms with van der Waals surface area (Å²) in [7, 11) is 0. The molecule has 0 radical (unpaired) electrons. The SMILES string of the molecule is CC1CCCCN1c1cc(NC(=O)c2ccc(F)cc2)c(Cl)cc1N. The Morgan fingerprint density at radius 3 is 2.68 bits per heavy atom. The lowest BCUT2D eigenvalue weighted by Crippen LogP contribution is -2.37. The Labute approximate surface area is 151 Å². The number of carbonyl (C=O) groups excluding carboxylic acids is 1. The van der Waals surface area contributed by atoms with E-state index < -0.39 is 0 Å². The Balaban J connectivity index is 1.87. The first-order valence-electron chi connectivity index (χ1n) is 8.38. The number of hydrogen-bond donors (Lipinski definition) is 2. The van der Waals surface area contributed by atoms with E-state index in [0.29, 0.717) is 28.0 Å². The number of piperidine rings is 1. The van der Waals surface area contributed by atoms with Gasteiger partial charge in [-0.1, -0.05) is 11.6 Å². The van der Waals surface area contributed by atoms with E-state index in [9.17, 15) is 9.18 Å². The smallest absolute Gasteiger partial charge is 0.255 e. The van der Waals surface area contributed by atoms with Gasteiger partial charge in [0.25, 0.3) is 5.91 Å². The molecule has 0 aliphatic carbocycles. The second-order valence-corrected chi connectivity index (χ2v) is 6.80. The highest BCUT2D eigenvalue weighted by atomic mass is 35.5. The molecule has 1 heterocycles. The van der Waals surface area contributed by atoms with E-state index in [1.54, 1.807) is 6.07 Å². The van der Waals surface area contributed by atoms with E-state index >= 15 is 0 Å². The van der Waals surface area contributed by atoms with Gasteiger partial charge < -0.3 is 16.0 Å². The third-order valence-corrected chi connectivity index (χ3v) is 4.90. The van der Waals surface area contributed by atoms with E-state index in [1.807, 2.05) is 6.07 Å². The van der Waals surface area contributed by atoms with Crippen molar-refractivity contribution in [2.45, 2.75) is 32.2 Å². The number of amides is 1. The molecule has 132 valence electrons. The molecule has 4 nitrogen and oxygen atoms in total. The van der Waals surface area contributed by atoms with Gasteiger partial charge in [0, 0.05) is 18.2 Å². The normalized spacial score (nSPS) is 17.4. The molecule has 1 aliphatic heterocycles. The molecule has 1 unspecified atom stereocenters. The summed E-state index contributed by atoms with van der Waals surface area (Å²) in [5.74, 6) is -0.729. The molecule has 6 heteroatoms. The van der Waals surface area contributed by atoms with Gasteiger partial charge in [0.15, 0.2) is 0 Å². The molecule has 0 bridgehead atoms. The predicted molar refractivity (Wildman–Crippen MR) is 101 cm³/mol. The Kier molecular flexibility index (Phi) is 5.13. The number of nitrogens with zero attached hydrogens (tertiary/aromatic N) is 1. The van der Waals surface area contributed by atoms with Crippen molar-refractivity contribution in [1.29, 1.82) is 0 Å². The zero-order chi connectivity index (χ0) is 18.0. The van der Waals surface area contributed by atoms with Crippen molar-refractivity contribution < 1.29 is 9.18 Å². The second-order valence-electron chi connectivity index (χ2n) is 6.39. The fourth-order valence-electron chi connectivity index (χ4n) is 3.17. The Hall–Kier alpha value is -2.27. The van der Waals surface area contributed by atoms with Gasteiger partial charge in [-0.05, 0) is 62.6 Å². The Morgan fingerprint density at radius 2 is 2.00 bits per heavy atom. The first-order valence-corrected chi connectivity index (χ1v) is 8.76. The highest BCUT2D eigenvalue weighted by molar-refractivity contribution is 6.34. The van der Waals surface area contributed by atoms with Crippen LogP contribution >= 0.6 is 11.6 Å². The molecule has 0 saturated carbocycles. The van der Waals surface area contributed by atoms with Crippen LogP contribution in [0.4, 0.5) is 21.5 Å². The molecule has 3 N–H and O–H groups in total. The van der Waals surface area contributed by atoms with Crippen LogP contribution in [0.1, 0.15) is 36.5 Å². The highest BCUT2D eigenvalue weighted by Crippen LogP contribution is 2.36. The predicted octanol–water partition coefficient (Wildman–Crippen LogP) is 4.69. The molecule has 1 atom stereocenters. The quantitative estimate of drug-likeness (QED) is 0.779. The number of benzene rings is 2. The minimum atomic E-state index is -0.386. The lowest BCUT2D eigenvalue weighted by Gasteiger charge is -2.36. The molecule has 1 fully saturated rings. The molecule has 2 aromatic rings. The van der Waals surface area contributed by atoms with Crippen LogP contribution in [-0.2, 0) is 0 Å². The van der Waals surface area contributed by atoms with Crippen LogP contribution in [0.3, 0.4) is 0 Å². The van der Waals surface area contributed by atoms with Gasteiger partial charge in [0.05, 0.1) is 22.1 Å². The average molecular weight is 362 g/mol. The number of anilines is 3. The summed E-state index contributed by atoms with van der Waals surface area (Å²) in [6.07, 6.45) is 3.43. The van der Waals surface area contributed by atoms with Gasteiger partial charge in [-0.15, -0.1) is 0 Å². The van der Waals surface area contributed by atoms with E-state index in [1.165, 1.54) is 30.7 Å². The largest absolute Gasteiger partial charge is 0.397 e. The molecule has 0 aromatic heterocycles. The van der Waals surface area contributed by atoms with Crippen molar-refractivity contribution in [3.05, 3.63) is 52.8 Å². The van der Waals surface area contributed by atoms with Gasteiger partial charge >= 0.3 is 0 Å². The summed E-state index contributed by atoms with van der Waals surface area (Å²) >= 11 is 6.26. The number of rotatable bonds is 3. The number of carbonyl (C=O) groups is 1. The topological polar surface area (TPSA) is 58.4 Å². The molecule has 3 rings (SSSR count). The molecule has 1 amide bonds. The standard InChI is InChI=1S/C19H21ClFN3O/c1-12-4-2-3-9-24(12)18-11-17(15(20)10-16(18)22)23-19(25)13-5-7-14(21)8-6-13/h5-8,10-12H,2-4,9,22H2,1H3,(H,23,25). The van der Waals surface area contributed by atoms with Crippen LogP contribution in [0.25, 0.3) is 0 Å². The lowest BCUT2D eigenvalue weighted by molar-refractivity contribution is 0.102. The fraction of sp³-hybridized carbons (Fsp3) is 0.316. The lowest BCUT2D eigenvalue weighted by atomic mass is 10.0. The second kappa shape index (κ2) is 7.31. The zero-order valence-electron chi connectivity index (χ0n) is 14.1. The van der Waals surface area contributed by atoms with Crippen molar-refractivity contribution in [3.8, 4) is 0 Å². The summed E-state index contributed by atoms with van der Waals surface area (Å²) < 4.78 is 13.0. The average Bonchev–Trinajstić information content (AvgIpc) is 2.58. The molecule has 0 spiro atoms. The van der Waals surface area contributed by atoms with Gasteiger partial charge in [-0.2, -0.15) is 0 Å². The molecule has 2 aromatic carbocycles. The summed E-state index contributed by atoms with van der Waals surface area (Å²) in [6, 6.07) is 9.24.